The molecule has 0 fully saturated rings. The maximum atomic E-state index is 11.2. The summed E-state index contributed by atoms with van der Waals surface area (Å²) in [6.07, 6.45) is 6.67. The number of hydrogen-bond acceptors (Lipinski definition) is 5. The number of rotatable bonds is 10. The van der Waals surface area contributed by atoms with Crippen LogP contribution in [0, 0.1) is 0 Å². The Kier molecular flexibility index (Phi) is 8.02. The van der Waals surface area contributed by atoms with Gasteiger partial charge in [0.05, 0.1) is 7.11 Å². The number of aliphatic hydroxyl groups is 1. The Hall–Kier alpha value is -2.67. The molecule has 0 radical (unpaired) electrons. The van der Waals surface area contributed by atoms with Crippen molar-refractivity contribution in [1.29, 1.82) is 0 Å². The van der Waals surface area contributed by atoms with E-state index in [0.717, 1.165) is 50.1 Å². The van der Waals surface area contributed by atoms with Crippen LogP contribution in [0.1, 0.15) is 41.1 Å². The Labute approximate surface area is 177 Å². The lowest BCUT2D eigenvalue weighted by Crippen LogP contribution is -2.31. The normalized spacial score (nSPS) is 15.5. The Morgan fingerprint density at radius 3 is 2.87 bits per heavy atom. The SMILES string of the molecule is COc1ccccc1CCN(CCCO)C1CCc2cc(C=CC(=O)NO)ccc21. The van der Waals surface area contributed by atoms with Crippen molar-refractivity contribution in [2.75, 3.05) is 26.8 Å². The number of benzene rings is 2. The van der Waals surface area contributed by atoms with Gasteiger partial charge in [0, 0.05) is 31.8 Å². The summed E-state index contributed by atoms with van der Waals surface area (Å²) in [6.45, 7) is 1.91. The van der Waals surface area contributed by atoms with Crippen LogP contribution in [0.5, 0.6) is 5.75 Å². The fraction of sp³-hybridized carbons (Fsp3) is 0.375. The molecular weight excluding hydrogens is 380 g/mol. The van der Waals surface area contributed by atoms with E-state index in [2.05, 4.69) is 23.1 Å². The lowest BCUT2D eigenvalue weighted by Gasteiger charge is -2.30. The average molecular weight is 411 g/mol. The molecule has 1 aliphatic rings. The molecule has 0 aliphatic heterocycles. The van der Waals surface area contributed by atoms with Gasteiger partial charge in [0.25, 0.3) is 5.91 Å². The molecule has 1 aliphatic carbocycles. The first-order valence-electron chi connectivity index (χ1n) is 10.4. The molecule has 6 nitrogen and oxygen atoms in total. The second-order valence-corrected chi connectivity index (χ2v) is 7.50. The Balaban J connectivity index is 1.74. The molecule has 30 heavy (non-hydrogen) atoms. The first kappa shape index (κ1) is 22.0. The highest BCUT2D eigenvalue weighted by Gasteiger charge is 2.27. The fourth-order valence-corrected chi connectivity index (χ4v) is 4.18. The number of fused-ring (bicyclic) bond motifs is 1. The van der Waals surface area contributed by atoms with Crippen LogP contribution >= 0.6 is 0 Å². The maximum Gasteiger partial charge on any atom is 0.267 e. The molecule has 0 spiro atoms. The maximum absolute atomic E-state index is 11.2. The second kappa shape index (κ2) is 10.9. The second-order valence-electron chi connectivity index (χ2n) is 7.50. The number of carbonyl (C=O) groups excluding carboxylic acids is 1. The van der Waals surface area contributed by atoms with E-state index in [4.69, 9.17) is 9.94 Å². The largest absolute Gasteiger partial charge is 0.496 e. The number of ether oxygens (including phenoxy) is 1. The van der Waals surface area contributed by atoms with Gasteiger partial charge in [-0.3, -0.25) is 14.9 Å². The van der Waals surface area contributed by atoms with Crippen molar-refractivity contribution < 1.29 is 19.8 Å². The minimum absolute atomic E-state index is 0.182. The van der Waals surface area contributed by atoms with Crippen molar-refractivity contribution in [2.45, 2.75) is 31.7 Å². The van der Waals surface area contributed by atoms with E-state index in [1.165, 1.54) is 22.8 Å². The molecule has 2 aromatic carbocycles. The number of carbonyl (C=O) groups is 1. The van der Waals surface area contributed by atoms with Gasteiger partial charge in [-0.25, -0.2) is 5.48 Å². The number of hydrogen-bond donors (Lipinski definition) is 3. The standard InChI is InChI=1S/C24H30N2O4/c1-30-23-6-3-2-5-19(23)13-15-26(14-4-16-27)22-11-9-20-17-18(7-10-21(20)22)8-12-24(28)25-29/h2-3,5-8,10,12,17,22,27,29H,4,9,11,13-16H2,1H3,(H,25,28). The third-order valence-corrected chi connectivity index (χ3v) is 5.66. The Bertz CT molecular complexity index is 881. The zero-order valence-electron chi connectivity index (χ0n) is 17.4. The van der Waals surface area contributed by atoms with E-state index in [-0.39, 0.29) is 6.61 Å². The zero-order chi connectivity index (χ0) is 21.3. The highest BCUT2D eigenvalue weighted by Crippen LogP contribution is 2.37. The quantitative estimate of drug-likeness (QED) is 0.319. The van der Waals surface area contributed by atoms with Crippen LogP contribution in [-0.4, -0.2) is 47.9 Å². The van der Waals surface area contributed by atoms with Crippen molar-refractivity contribution in [3.05, 3.63) is 70.8 Å². The third kappa shape index (κ3) is 5.48. The van der Waals surface area contributed by atoms with Crippen molar-refractivity contribution >= 4 is 12.0 Å². The summed E-state index contributed by atoms with van der Waals surface area (Å²) in [5, 5.41) is 18.0. The van der Waals surface area contributed by atoms with Crippen LogP contribution in [0.25, 0.3) is 6.08 Å². The number of amides is 1. The van der Waals surface area contributed by atoms with Gasteiger partial charge in [0.2, 0.25) is 0 Å². The summed E-state index contributed by atoms with van der Waals surface area (Å²) >= 11 is 0. The molecule has 3 N–H and O–H groups in total. The first-order valence-corrected chi connectivity index (χ1v) is 10.4. The minimum atomic E-state index is -0.542. The molecule has 0 heterocycles. The summed E-state index contributed by atoms with van der Waals surface area (Å²) in [6, 6.07) is 14.7. The van der Waals surface area contributed by atoms with Gasteiger partial charge in [0.1, 0.15) is 5.75 Å². The lowest BCUT2D eigenvalue weighted by atomic mass is 10.0. The van der Waals surface area contributed by atoms with E-state index in [9.17, 15) is 9.90 Å². The number of nitrogens with one attached hydrogen (secondary N) is 1. The average Bonchev–Trinajstić information content (AvgIpc) is 3.20. The molecule has 0 aromatic heterocycles. The van der Waals surface area contributed by atoms with Crippen LogP contribution in [0.3, 0.4) is 0 Å². The summed E-state index contributed by atoms with van der Waals surface area (Å²) < 4.78 is 5.49. The summed E-state index contributed by atoms with van der Waals surface area (Å²) in [4.78, 5) is 13.7. The van der Waals surface area contributed by atoms with Crippen molar-refractivity contribution in [2.24, 2.45) is 0 Å². The number of para-hydroxylation sites is 1. The Morgan fingerprint density at radius 1 is 1.27 bits per heavy atom. The lowest BCUT2D eigenvalue weighted by molar-refractivity contribution is -0.124. The molecule has 3 rings (SSSR count). The molecule has 1 unspecified atom stereocenters. The van der Waals surface area contributed by atoms with Crippen LogP contribution in [0.15, 0.2) is 48.5 Å². The predicted octanol–water partition coefficient (Wildman–Crippen LogP) is 3.13. The smallest absolute Gasteiger partial charge is 0.267 e. The number of nitrogens with zero attached hydrogens (tertiary/aromatic N) is 1. The highest BCUT2D eigenvalue weighted by molar-refractivity contribution is 5.90. The summed E-state index contributed by atoms with van der Waals surface area (Å²) in [5.74, 6) is 0.370. The first-order chi connectivity index (χ1) is 14.7. The number of methoxy groups -OCH3 is 1. The molecule has 1 amide bonds. The molecule has 0 bridgehead atoms. The zero-order valence-corrected chi connectivity index (χ0v) is 17.4. The van der Waals surface area contributed by atoms with Crippen molar-refractivity contribution in [1.82, 2.24) is 10.4 Å². The van der Waals surface area contributed by atoms with E-state index in [0.29, 0.717) is 6.04 Å². The van der Waals surface area contributed by atoms with Gasteiger partial charge >= 0.3 is 0 Å². The molecule has 160 valence electrons. The van der Waals surface area contributed by atoms with Crippen LogP contribution in [0.4, 0.5) is 0 Å². The summed E-state index contributed by atoms with van der Waals surface area (Å²) in [7, 11) is 1.70. The van der Waals surface area contributed by atoms with Gasteiger partial charge in [-0.05, 0) is 60.1 Å². The van der Waals surface area contributed by atoms with Crippen molar-refractivity contribution in [3.63, 3.8) is 0 Å². The van der Waals surface area contributed by atoms with Crippen LogP contribution in [-0.2, 0) is 17.6 Å². The molecule has 2 aromatic rings. The monoisotopic (exact) mass is 410 g/mol. The molecule has 0 saturated carbocycles. The number of hydroxylamine groups is 1. The highest BCUT2D eigenvalue weighted by atomic mass is 16.5. The summed E-state index contributed by atoms with van der Waals surface area (Å²) in [5.41, 5.74) is 6.34. The molecule has 1 atom stereocenters. The minimum Gasteiger partial charge on any atom is -0.496 e. The van der Waals surface area contributed by atoms with E-state index < -0.39 is 5.91 Å². The number of aliphatic hydroxyl groups excluding tert-OH is 1. The van der Waals surface area contributed by atoms with E-state index in [1.807, 2.05) is 24.3 Å². The van der Waals surface area contributed by atoms with Crippen LogP contribution in [0.2, 0.25) is 0 Å². The topological polar surface area (TPSA) is 82.0 Å². The Morgan fingerprint density at radius 2 is 2.10 bits per heavy atom. The van der Waals surface area contributed by atoms with Gasteiger partial charge < -0.3 is 9.84 Å². The van der Waals surface area contributed by atoms with E-state index >= 15 is 0 Å². The van der Waals surface area contributed by atoms with E-state index in [1.54, 1.807) is 18.7 Å². The van der Waals surface area contributed by atoms with Crippen LogP contribution < -0.4 is 10.2 Å². The number of aryl methyl sites for hydroxylation is 1. The molecular formula is C24H30N2O4. The third-order valence-electron chi connectivity index (χ3n) is 5.66. The fourth-order valence-electron chi connectivity index (χ4n) is 4.18. The van der Waals surface area contributed by atoms with Crippen molar-refractivity contribution in [3.8, 4) is 5.75 Å². The van der Waals surface area contributed by atoms with Gasteiger partial charge in [-0.15, -0.1) is 0 Å². The predicted molar refractivity (Wildman–Crippen MR) is 116 cm³/mol. The van der Waals surface area contributed by atoms with Gasteiger partial charge in [-0.1, -0.05) is 36.4 Å². The molecule has 0 saturated heterocycles. The van der Waals surface area contributed by atoms with Gasteiger partial charge in [0.15, 0.2) is 0 Å². The van der Waals surface area contributed by atoms with Gasteiger partial charge in [-0.2, -0.15) is 0 Å². The molecule has 6 heteroatoms.